The summed E-state index contributed by atoms with van der Waals surface area (Å²) in [5.74, 6) is -9.33. The molecule has 1 saturated carbocycles. The number of ether oxygens (including phenoxy) is 1. The lowest BCUT2D eigenvalue weighted by atomic mass is 9.49. The predicted octanol–water partition coefficient (Wildman–Crippen LogP) is 6.59. The van der Waals surface area contributed by atoms with Gasteiger partial charge in [-0.05, 0) is 54.5 Å². The zero-order valence-electron chi connectivity index (χ0n) is 27.7. The molecule has 274 valence electrons. The lowest BCUT2D eigenvalue weighted by Gasteiger charge is -2.50. The van der Waals surface area contributed by atoms with E-state index in [1.165, 1.54) is 12.1 Å². The van der Waals surface area contributed by atoms with Crippen LogP contribution in [0.2, 0.25) is 10.0 Å². The maximum atomic E-state index is 15.2. The number of phenolic OH excluding ortho intramolecular Hbond substituents is 1. The van der Waals surface area contributed by atoms with E-state index in [1.807, 2.05) is 0 Å². The molecule has 16 heteroatoms. The number of nitrogens with zero attached hydrogens (tertiary/aromatic N) is 3. The standard InChI is InChI=1S/C37H29Cl2F3N4O7/c1-3-5-17-6-4-7-23(29(17)47)28-21-12-13-22-27(33(50)45(31(22)48)35(52)53-2)24(21)15-25-32(49)46(34(51)36(25,28)18-8-10-20(38)11-9-18)44-30-26(39)14-19(16-43-30)37(40,41)42/h3-4,6-12,14,16,22,24-25,27-28,47H,1,5,13,15H2,2H3,(H,43,44). The molecule has 3 aromatic rings. The molecule has 2 N–H and O–H groups in total. The van der Waals surface area contributed by atoms with Gasteiger partial charge in [-0.3, -0.25) is 24.6 Å². The van der Waals surface area contributed by atoms with Gasteiger partial charge in [-0.2, -0.15) is 23.1 Å². The second-order valence-electron chi connectivity index (χ2n) is 13.2. The quantitative estimate of drug-likeness (QED) is 0.210. The number of aromatic nitrogens is 1. The number of carbonyl (C=O) groups is 5. The van der Waals surface area contributed by atoms with Gasteiger partial charge >= 0.3 is 12.3 Å². The number of para-hydroxylation sites is 1. The highest BCUT2D eigenvalue weighted by atomic mass is 35.5. The van der Waals surface area contributed by atoms with Crippen LogP contribution in [-0.4, -0.2) is 56.8 Å². The van der Waals surface area contributed by atoms with Crippen LogP contribution in [0.1, 0.15) is 41.0 Å². The number of fused-ring (bicyclic) bond motifs is 4. The Morgan fingerprint density at radius 3 is 2.45 bits per heavy atom. The topological polar surface area (TPSA) is 146 Å². The van der Waals surface area contributed by atoms with E-state index in [0.717, 1.165) is 7.11 Å². The van der Waals surface area contributed by atoms with Crippen molar-refractivity contribution in [3.8, 4) is 5.75 Å². The monoisotopic (exact) mass is 768 g/mol. The van der Waals surface area contributed by atoms with Crippen molar-refractivity contribution in [1.82, 2.24) is 14.9 Å². The lowest BCUT2D eigenvalue weighted by molar-refractivity contribution is -0.140. The number of phenols is 1. The van der Waals surface area contributed by atoms with Crippen LogP contribution in [0.5, 0.6) is 5.75 Å². The van der Waals surface area contributed by atoms with Gasteiger partial charge in [0.2, 0.25) is 11.8 Å². The zero-order chi connectivity index (χ0) is 38.1. The van der Waals surface area contributed by atoms with Gasteiger partial charge in [0.05, 0.1) is 40.9 Å². The molecule has 2 aliphatic heterocycles. The van der Waals surface area contributed by atoms with Gasteiger partial charge in [-0.1, -0.05) is 71.3 Å². The van der Waals surface area contributed by atoms with Crippen LogP contribution in [0.15, 0.2) is 79.0 Å². The molecule has 0 spiro atoms. The summed E-state index contributed by atoms with van der Waals surface area (Å²) in [5, 5.41) is 12.3. The van der Waals surface area contributed by atoms with Gasteiger partial charge in [0.25, 0.3) is 11.8 Å². The predicted molar refractivity (Wildman–Crippen MR) is 183 cm³/mol. The van der Waals surface area contributed by atoms with Crippen molar-refractivity contribution < 1.29 is 47.0 Å². The first kappa shape index (κ1) is 36.2. The maximum Gasteiger partial charge on any atom is 0.423 e. The number of pyridine rings is 1. The molecular weight excluding hydrogens is 740 g/mol. The molecule has 4 aliphatic rings. The first-order valence-electron chi connectivity index (χ1n) is 16.4. The Morgan fingerprint density at radius 1 is 1.09 bits per heavy atom. The molecule has 6 unspecified atom stereocenters. The third-order valence-electron chi connectivity index (χ3n) is 10.7. The number of allylic oxidation sites excluding steroid dienone is 3. The molecule has 11 nitrogen and oxygen atoms in total. The number of methoxy groups -OCH3 is 1. The van der Waals surface area contributed by atoms with Crippen LogP contribution >= 0.6 is 23.2 Å². The van der Waals surface area contributed by atoms with Crippen molar-refractivity contribution in [3.63, 3.8) is 0 Å². The van der Waals surface area contributed by atoms with Crippen molar-refractivity contribution in [2.24, 2.45) is 23.7 Å². The Kier molecular flexibility index (Phi) is 8.89. The Bertz CT molecular complexity index is 2140. The highest BCUT2D eigenvalue weighted by Gasteiger charge is 2.71. The Labute approximate surface area is 310 Å². The molecule has 5 amide bonds. The van der Waals surface area contributed by atoms with E-state index in [2.05, 4.69) is 17.0 Å². The summed E-state index contributed by atoms with van der Waals surface area (Å²) >= 11 is 12.5. The largest absolute Gasteiger partial charge is 0.507 e. The van der Waals surface area contributed by atoms with Gasteiger partial charge in [0.1, 0.15) is 5.75 Å². The second-order valence-corrected chi connectivity index (χ2v) is 14.1. The van der Waals surface area contributed by atoms with E-state index in [4.69, 9.17) is 27.9 Å². The molecule has 2 saturated heterocycles. The molecule has 0 bridgehead atoms. The number of aromatic hydroxyl groups is 1. The molecule has 2 aliphatic carbocycles. The maximum absolute atomic E-state index is 15.2. The van der Waals surface area contributed by atoms with Crippen molar-refractivity contribution in [1.29, 1.82) is 0 Å². The molecule has 1 aromatic heterocycles. The van der Waals surface area contributed by atoms with E-state index in [9.17, 15) is 37.5 Å². The third-order valence-corrected chi connectivity index (χ3v) is 11.3. The normalized spacial score (nSPS) is 26.5. The lowest BCUT2D eigenvalue weighted by Crippen LogP contribution is -2.53. The first-order valence-corrected chi connectivity index (χ1v) is 17.1. The number of nitrogens with one attached hydrogen (secondary N) is 1. The number of halogens is 5. The van der Waals surface area contributed by atoms with Crippen LogP contribution in [-0.2, 0) is 41.9 Å². The van der Waals surface area contributed by atoms with Crippen LogP contribution in [0, 0.1) is 23.7 Å². The highest BCUT2D eigenvalue weighted by molar-refractivity contribution is 6.33. The minimum atomic E-state index is -4.78. The number of hydrogen-bond donors (Lipinski definition) is 2. The third kappa shape index (κ3) is 5.40. The summed E-state index contributed by atoms with van der Waals surface area (Å²) < 4.78 is 45.0. The molecule has 6 atom stereocenters. The van der Waals surface area contributed by atoms with E-state index in [-0.39, 0.29) is 30.6 Å². The van der Waals surface area contributed by atoms with E-state index >= 15 is 4.79 Å². The van der Waals surface area contributed by atoms with Crippen molar-refractivity contribution in [3.05, 3.63) is 111 Å². The Balaban J connectivity index is 1.46. The number of alkyl halides is 3. The van der Waals surface area contributed by atoms with E-state index in [0.29, 0.717) is 43.9 Å². The van der Waals surface area contributed by atoms with E-state index < -0.39 is 87.3 Å². The molecule has 3 heterocycles. The van der Waals surface area contributed by atoms with Crippen LogP contribution in [0.3, 0.4) is 0 Å². The first-order chi connectivity index (χ1) is 25.2. The molecule has 3 fully saturated rings. The number of benzene rings is 2. The number of imide groups is 4. The fourth-order valence-electron chi connectivity index (χ4n) is 8.56. The number of amides is 5. The van der Waals surface area contributed by atoms with Crippen molar-refractivity contribution in [2.75, 3.05) is 12.5 Å². The van der Waals surface area contributed by atoms with Gasteiger partial charge < -0.3 is 9.84 Å². The smallest absolute Gasteiger partial charge is 0.423 e. The summed E-state index contributed by atoms with van der Waals surface area (Å²) in [7, 11) is 1.03. The minimum Gasteiger partial charge on any atom is -0.507 e. The Morgan fingerprint density at radius 2 is 1.81 bits per heavy atom. The molecule has 7 rings (SSSR count). The van der Waals surface area contributed by atoms with Gasteiger partial charge in [0.15, 0.2) is 5.82 Å². The second kappa shape index (κ2) is 13.0. The number of rotatable bonds is 6. The average Bonchev–Trinajstić information content (AvgIpc) is 3.50. The van der Waals surface area contributed by atoms with Crippen molar-refractivity contribution >= 4 is 58.7 Å². The Hall–Kier alpha value is -5.21. The fraction of sp³-hybridized carbons (Fsp3) is 0.297. The zero-order valence-corrected chi connectivity index (χ0v) is 29.2. The van der Waals surface area contributed by atoms with Crippen molar-refractivity contribution in [2.45, 2.75) is 36.8 Å². The summed E-state index contributed by atoms with van der Waals surface area (Å²) in [6.45, 7) is 3.77. The summed E-state index contributed by atoms with van der Waals surface area (Å²) in [6, 6.07) is 11.7. The highest BCUT2D eigenvalue weighted by Crippen LogP contribution is 2.65. The summed E-state index contributed by atoms with van der Waals surface area (Å²) in [6.07, 6.45) is -2.08. The molecule has 53 heavy (non-hydrogen) atoms. The minimum absolute atomic E-state index is 0.00523. The number of carbonyl (C=O) groups excluding carboxylic acids is 5. The fourth-order valence-corrected chi connectivity index (χ4v) is 8.90. The molecule has 2 aromatic carbocycles. The van der Waals surface area contributed by atoms with Crippen LogP contribution < -0.4 is 5.43 Å². The summed E-state index contributed by atoms with van der Waals surface area (Å²) in [5.41, 5.74) is 1.01. The SMILES string of the molecule is C=CCc1cccc(C2C3=CCC4C(=O)N(C(=O)OC)C(=O)C4C3CC3C(=O)N(Nc4ncc(C(F)(F)F)cc4Cl)C(=O)C32c2ccc(Cl)cc2)c1O. The van der Waals surface area contributed by atoms with Crippen LogP contribution in [0.4, 0.5) is 23.8 Å². The van der Waals surface area contributed by atoms with Gasteiger partial charge in [-0.15, -0.1) is 6.58 Å². The number of hydrogen-bond acceptors (Lipinski definition) is 9. The molecule has 0 radical (unpaired) electrons. The number of likely N-dealkylation sites (tertiary alicyclic amines) is 1. The molecular formula is C37H29Cl2F3N4O7. The van der Waals surface area contributed by atoms with Gasteiger partial charge in [-0.25, -0.2) is 9.78 Å². The number of anilines is 1. The van der Waals surface area contributed by atoms with Crippen LogP contribution in [0.25, 0.3) is 0 Å². The van der Waals surface area contributed by atoms with E-state index in [1.54, 1.807) is 42.5 Å². The number of hydrazine groups is 1. The van der Waals surface area contributed by atoms with Gasteiger partial charge in [0, 0.05) is 22.7 Å². The summed E-state index contributed by atoms with van der Waals surface area (Å²) in [4.78, 5) is 74.3. The average molecular weight is 770 g/mol.